The van der Waals surface area contributed by atoms with E-state index >= 15 is 0 Å². The normalized spacial score (nSPS) is 10.5. The molecule has 0 spiro atoms. The van der Waals surface area contributed by atoms with Crippen molar-refractivity contribution >= 4 is 28.7 Å². The Morgan fingerprint density at radius 3 is 2.53 bits per heavy atom. The quantitative estimate of drug-likeness (QED) is 0.811. The van der Waals surface area contributed by atoms with Crippen molar-refractivity contribution in [1.29, 1.82) is 0 Å². The van der Waals surface area contributed by atoms with Gasteiger partial charge in [0.2, 0.25) is 0 Å². The zero-order valence-electron chi connectivity index (χ0n) is 11.0. The van der Waals surface area contributed by atoms with E-state index in [0.29, 0.717) is 10.7 Å². The molecule has 2 aromatic carbocycles. The first kappa shape index (κ1) is 13.6. The number of hydrogen-bond acceptors (Lipinski definition) is 3. The van der Waals surface area contributed by atoms with Crippen LogP contribution in [0.15, 0.2) is 42.5 Å². The summed E-state index contributed by atoms with van der Waals surface area (Å²) in [7, 11) is 0. The van der Waals surface area contributed by atoms with E-state index in [-0.39, 0.29) is 6.10 Å². The van der Waals surface area contributed by atoms with E-state index in [9.17, 15) is 0 Å². The lowest BCUT2D eigenvalue weighted by Gasteiger charge is -2.16. The molecule has 2 aromatic rings. The number of para-hydroxylation sites is 2. The molecule has 100 valence electrons. The topological polar surface area (TPSA) is 47.3 Å². The molecule has 0 aliphatic heterocycles. The van der Waals surface area contributed by atoms with Crippen LogP contribution in [0.3, 0.4) is 0 Å². The van der Waals surface area contributed by atoms with Crippen LogP contribution in [0.4, 0.5) is 17.1 Å². The molecule has 0 aromatic heterocycles. The highest BCUT2D eigenvalue weighted by molar-refractivity contribution is 6.31. The van der Waals surface area contributed by atoms with Gasteiger partial charge in [-0.2, -0.15) is 0 Å². The van der Waals surface area contributed by atoms with E-state index in [2.05, 4.69) is 5.32 Å². The summed E-state index contributed by atoms with van der Waals surface area (Å²) in [5, 5.41) is 3.88. The van der Waals surface area contributed by atoms with Gasteiger partial charge in [-0.15, -0.1) is 0 Å². The zero-order valence-corrected chi connectivity index (χ0v) is 11.7. The number of rotatable bonds is 4. The number of hydrogen-bond donors (Lipinski definition) is 2. The minimum Gasteiger partial charge on any atom is -0.489 e. The predicted molar refractivity (Wildman–Crippen MR) is 81.4 cm³/mol. The van der Waals surface area contributed by atoms with Gasteiger partial charge in [0.05, 0.1) is 23.2 Å². The summed E-state index contributed by atoms with van der Waals surface area (Å²) in [5.41, 5.74) is 8.23. The Morgan fingerprint density at radius 2 is 1.84 bits per heavy atom. The van der Waals surface area contributed by atoms with Gasteiger partial charge in [0.25, 0.3) is 0 Å². The standard InChI is InChI=1S/C15H17ClN2O/c1-10(2)19-15-6-4-3-5-14(15)18-13-8-7-11(16)9-12(13)17/h3-10,18H,17H2,1-2H3. The zero-order chi connectivity index (χ0) is 13.8. The van der Waals surface area contributed by atoms with E-state index < -0.39 is 0 Å². The number of nitrogens with one attached hydrogen (secondary N) is 1. The first-order chi connectivity index (χ1) is 9.06. The molecule has 0 bridgehead atoms. The summed E-state index contributed by atoms with van der Waals surface area (Å²) in [4.78, 5) is 0. The Kier molecular flexibility index (Phi) is 4.17. The highest BCUT2D eigenvalue weighted by Crippen LogP contribution is 2.31. The van der Waals surface area contributed by atoms with Crippen molar-refractivity contribution in [2.45, 2.75) is 20.0 Å². The van der Waals surface area contributed by atoms with Crippen LogP contribution in [0.25, 0.3) is 0 Å². The summed E-state index contributed by atoms with van der Waals surface area (Å²) in [6, 6.07) is 13.1. The van der Waals surface area contributed by atoms with E-state index in [1.165, 1.54) is 0 Å². The van der Waals surface area contributed by atoms with Crippen LogP contribution in [-0.2, 0) is 0 Å². The summed E-state index contributed by atoms with van der Waals surface area (Å²) in [5.74, 6) is 0.798. The molecule has 0 saturated heterocycles. The Bertz CT molecular complexity index is 570. The predicted octanol–water partition coefficient (Wildman–Crippen LogP) is 4.45. The lowest BCUT2D eigenvalue weighted by atomic mass is 10.2. The molecule has 4 heteroatoms. The summed E-state index contributed by atoms with van der Waals surface area (Å²) < 4.78 is 5.75. The van der Waals surface area contributed by atoms with Gasteiger partial charge >= 0.3 is 0 Å². The molecular formula is C15H17ClN2O. The molecule has 3 nitrogen and oxygen atoms in total. The van der Waals surface area contributed by atoms with Crippen LogP contribution in [-0.4, -0.2) is 6.10 Å². The third kappa shape index (κ3) is 3.55. The van der Waals surface area contributed by atoms with Gasteiger partial charge in [0.15, 0.2) is 0 Å². The van der Waals surface area contributed by atoms with Gasteiger partial charge < -0.3 is 15.8 Å². The molecule has 0 atom stereocenters. The fourth-order valence-corrected chi connectivity index (χ4v) is 1.90. The number of halogens is 1. The highest BCUT2D eigenvalue weighted by atomic mass is 35.5. The SMILES string of the molecule is CC(C)Oc1ccccc1Nc1ccc(Cl)cc1N. The van der Waals surface area contributed by atoms with E-state index in [1.54, 1.807) is 12.1 Å². The highest BCUT2D eigenvalue weighted by Gasteiger charge is 2.07. The number of ether oxygens (including phenoxy) is 1. The molecule has 3 N–H and O–H groups in total. The Balaban J connectivity index is 2.27. The number of nitrogens with two attached hydrogens (primary N) is 1. The summed E-state index contributed by atoms with van der Waals surface area (Å²) in [6.07, 6.45) is 0.116. The average molecular weight is 277 g/mol. The summed E-state index contributed by atoms with van der Waals surface area (Å²) in [6.45, 7) is 3.99. The van der Waals surface area contributed by atoms with Crippen molar-refractivity contribution in [3.8, 4) is 5.75 Å². The largest absolute Gasteiger partial charge is 0.489 e. The Labute approximate surface area is 118 Å². The number of benzene rings is 2. The van der Waals surface area contributed by atoms with E-state index in [4.69, 9.17) is 22.1 Å². The molecular weight excluding hydrogens is 260 g/mol. The Hall–Kier alpha value is -1.87. The third-order valence-electron chi connectivity index (χ3n) is 2.53. The van der Waals surface area contributed by atoms with Crippen LogP contribution in [0.5, 0.6) is 5.75 Å². The summed E-state index contributed by atoms with van der Waals surface area (Å²) >= 11 is 5.89. The van der Waals surface area contributed by atoms with Crippen molar-refractivity contribution in [2.24, 2.45) is 0 Å². The molecule has 0 heterocycles. The van der Waals surface area contributed by atoms with Crippen molar-refractivity contribution in [1.82, 2.24) is 0 Å². The van der Waals surface area contributed by atoms with E-state index in [0.717, 1.165) is 17.1 Å². The maximum absolute atomic E-state index is 5.93. The second kappa shape index (κ2) is 5.85. The molecule has 0 radical (unpaired) electrons. The number of nitrogen functional groups attached to an aromatic ring is 1. The third-order valence-corrected chi connectivity index (χ3v) is 2.77. The van der Waals surface area contributed by atoms with Gasteiger partial charge in [0.1, 0.15) is 5.75 Å². The molecule has 0 aliphatic carbocycles. The second-order valence-electron chi connectivity index (χ2n) is 4.52. The van der Waals surface area contributed by atoms with E-state index in [1.807, 2.05) is 44.2 Å². The van der Waals surface area contributed by atoms with Crippen LogP contribution in [0.2, 0.25) is 5.02 Å². The van der Waals surface area contributed by atoms with Gasteiger partial charge in [-0.3, -0.25) is 0 Å². The second-order valence-corrected chi connectivity index (χ2v) is 4.96. The lowest BCUT2D eigenvalue weighted by molar-refractivity contribution is 0.244. The molecule has 19 heavy (non-hydrogen) atoms. The maximum atomic E-state index is 5.93. The molecule has 0 aliphatic rings. The van der Waals surface area contributed by atoms with Crippen molar-refractivity contribution in [3.05, 3.63) is 47.5 Å². The van der Waals surface area contributed by atoms with Crippen LogP contribution < -0.4 is 15.8 Å². The van der Waals surface area contributed by atoms with Crippen molar-refractivity contribution in [3.63, 3.8) is 0 Å². The van der Waals surface area contributed by atoms with Crippen LogP contribution in [0.1, 0.15) is 13.8 Å². The molecule has 2 rings (SSSR count). The first-order valence-corrected chi connectivity index (χ1v) is 6.52. The van der Waals surface area contributed by atoms with Gasteiger partial charge in [-0.1, -0.05) is 23.7 Å². The average Bonchev–Trinajstić information content (AvgIpc) is 2.34. The van der Waals surface area contributed by atoms with Gasteiger partial charge in [-0.05, 0) is 44.2 Å². The van der Waals surface area contributed by atoms with Gasteiger partial charge in [-0.25, -0.2) is 0 Å². The van der Waals surface area contributed by atoms with Crippen molar-refractivity contribution < 1.29 is 4.74 Å². The molecule has 0 saturated carbocycles. The fourth-order valence-electron chi connectivity index (χ4n) is 1.72. The lowest BCUT2D eigenvalue weighted by Crippen LogP contribution is -2.07. The smallest absolute Gasteiger partial charge is 0.143 e. The minimum atomic E-state index is 0.116. The first-order valence-electron chi connectivity index (χ1n) is 6.14. The van der Waals surface area contributed by atoms with Gasteiger partial charge in [0, 0.05) is 5.02 Å². The minimum absolute atomic E-state index is 0.116. The van der Waals surface area contributed by atoms with Crippen molar-refractivity contribution in [2.75, 3.05) is 11.1 Å². The molecule has 0 unspecified atom stereocenters. The monoisotopic (exact) mass is 276 g/mol. The maximum Gasteiger partial charge on any atom is 0.143 e. The number of anilines is 3. The van der Waals surface area contributed by atoms with Crippen LogP contribution in [0, 0.1) is 0 Å². The van der Waals surface area contributed by atoms with Crippen LogP contribution >= 0.6 is 11.6 Å². The fraction of sp³-hybridized carbons (Fsp3) is 0.200. The molecule has 0 fully saturated rings. The Morgan fingerprint density at radius 1 is 1.11 bits per heavy atom. The molecule has 0 amide bonds.